The molecule has 1 fully saturated rings. The molecule has 19 heavy (non-hydrogen) atoms. The van der Waals surface area contributed by atoms with Gasteiger partial charge in [-0.25, -0.2) is 4.98 Å². The van der Waals surface area contributed by atoms with E-state index in [1.54, 1.807) is 11.3 Å². The molecule has 2 N–H and O–H groups in total. The Morgan fingerprint density at radius 1 is 1.26 bits per heavy atom. The van der Waals surface area contributed by atoms with Crippen LogP contribution in [0, 0.1) is 5.92 Å². The molecule has 0 spiro atoms. The van der Waals surface area contributed by atoms with Crippen molar-refractivity contribution in [3.63, 3.8) is 0 Å². The Balaban J connectivity index is 1.94. The molecule has 0 saturated heterocycles. The van der Waals surface area contributed by atoms with E-state index in [-0.39, 0.29) is 5.41 Å². The summed E-state index contributed by atoms with van der Waals surface area (Å²) in [5, 5.41) is 3.43. The highest BCUT2D eigenvalue weighted by molar-refractivity contribution is 7.09. The van der Waals surface area contributed by atoms with E-state index in [1.165, 1.54) is 49.2 Å². The molecule has 108 valence electrons. The molecule has 1 heterocycles. The monoisotopic (exact) mass is 280 g/mol. The number of thiazole rings is 1. The third-order valence-electron chi connectivity index (χ3n) is 4.24. The maximum absolute atomic E-state index is 6.43. The number of rotatable bonds is 3. The minimum atomic E-state index is 0.154. The van der Waals surface area contributed by atoms with Gasteiger partial charge in [0.15, 0.2) is 0 Å². The van der Waals surface area contributed by atoms with Crippen LogP contribution >= 0.6 is 11.3 Å². The lowest BCUT2D eigenvalue weighted by Gasteiger charge is -2.21. The van der Waals surface area contributed by atoms with Crippen molar-refractivity contribution in [1.82, 2.24) is 4.98 Å². The zero-order valence-corrected chi connectivity index (χ0v) is 13.4. The first-order valence-electron chi connectivity index (χ1n) is 7.67. The molecule has 1 saturated carbocycles. The van der Waals surface area contributed by atoms with Gasteiger partial charge in [-0.05, 0) is 18.8 Å². The highest BCUT2D eigenvalue weighted by atomic mass is 32.1. The molecule has 2 rings (SSSR count). The van der Waals surface area contributed by atoms with Crippen molar-refractivity contribution in [3.8, 4) is 0 Å². The first kappa shape index (κ1) is 15.0. The van der Waals surface area contributed by atoms with Crippen LogP contribution in [0.1, 0.15) is 70.0 Å². The normalized spacial score (nSPS) is 20.2. The van der Waals surface area contributed by atoms with E-state index in [9.17, 15) is 0 Å². The third kappa shape index (κ3) is 4.28. The third-order valence-corrected chi connectivity index (χ3v) is 5.11. The summed E-state index contributed by atoms with van der Waals surface area (Å²) in [6.45, 7) is 6.66. The number of hydrogen-bond donors (Lipinski definition) is 1. The Bertz CT molecular complexity index is 384. The average Bonchev–Trinajstić information content (AvgIpc) is 2.63. The van der Waals surface area contributed by atoms with Crippen molar-refractivity contribution < 1.29 is 0 Å². The molecule has 1 aromatic heterocycles. The topological polar surface area (TPSA) is 38.9 Å². The van der Waals surface area contributed by atoms with E-state index in [0.717, 1.165) is 6.42 Å². The molecular formula is C16H28N2S. The molecule has 1 aliphatic carbocycles. The van der Waals surface area contributed by atoms with Crippen LogP contribution in [0.2, 0.25) is 0 Å². The van der Waals surface area contributed by atoms with Gasteiger partial charge in [0.1, 0.15) is 0 Å². The van der Waals surface area contributed by atoms with Crippen LogP contribution < -0.4 is 5.73 Å². The van der Waals surface area contributed by atoms with Gasteiger partial charge in [0.25, 0.3) is 0 Å². The molecule has 1 unspecified atom stereocenters. The lowest BCUT2D eigenvalue weighted by Crippen LogP contribution is -2.32. The largest absolute Gasteiger partial charge is 0.327 e. The summed E-state index contributed by atoms with van der Waals surface area (Å²) in [5.74, 6) is 0.712. The van der Waals surface area contributed by atoms with E-state index in [0.29, 0.717) is 12.0 Å². The minimum absolute atomic E-state index is 0.154. The highest BCUT2D eigenvalue weighted by Gasteiger charge is 2.22. The van der Waals surface area contributed by atoms with Gasteiger partial charge in [-0.3, -0.25) is 0 Å². The van der Waals surface area contributed by atoms with Crippen LogP contribution in [0.5, 0.6) is 0 Å². The predicted octanol–water partition coefficient (Wildman–Crippen LogP) is 4.28. The number of aromatic nitrogens is 1. The zero-order chi connectivity index (χ0) is 13.9. The van der Waals surface area contributed by atoms with Crippen LogP contribution in [0.25, 0.3) is 0 Å². The van der Waals surface area contributed by atoms with Crippen molar-refractivity contribution in [1.29, 1.82) is 0 Å². The average molecular weight is 280 g/mol. The molecule has 1 aromatic rings. The maximum Gasteiger partial charge on any atom is 0.0944 e. The van der Waals surface area contributed by atoms with E-state index in [4.69, 9.17) is 10.7 Å². The molecule has 3 heteroatoms. The van der Waals surface area contributed by atoms with Crippen molar-refractivity contribution >= 4 is 11.3 Å². The van der Waals surface area contributed by atoms with Crippen molar-refractivity contribution in [2.24, 2.45) is 11.7 Å². The van der Waals surface area contributed by atoms with Gasteiger partial charge < -0.3 is 5.73 Å². The fraction of sp³-hybridized carbons (Fsp3) is 0.812. The number of nitrogens with two attached hydrogens (primary N) is 1. The van der Waals surface area contributed by atoms with Gasteiger partial charge in [-0.2, -0.15) is 0 Å². The first-order valence-corrected chi connectivity index (χ1v) is 8.55. The van der Waals surface area contributed by atoms with Gasteiger partial charge >= 0.3 is 0 Å². The van der Waals surface area contributed by atoms with Crippen molar-refractivity contribution in [2.75, 3.05) is 0 Å². The molecule has 0 radical (unpaired) electrons. The van der Waals surface area contributed by atoms with Gasteiger partial charge in [0.2, 0.25) is 0 Å². The Labute approximate surface area is 121 Å². The van der Waals surface area contributed by atoms with Crippen LogP contribution in [-0.2, 0) is 11.8 Å². The molecule has 1 aliphatic rings. The number of nitrogens with zero attached hydrogens (tertiary/aromatic N) is 1. The Hall–Kier alpha value is -0.410. The van der Waals surface area contributed by atoms with Gasteiger partial charge in [-0.1, -0.05) is 46.5 Å². The van der Waals surface area contributed by atoms with E-state index < -0.39 is 0 Å². The molecule has 2 nitrogen and oxygen atoms in total. The Morgan fingerprint density at radius 2 is 1.89 bits per heavy atom. The molecule has 0 amide bonds. The lowest BCUT2D eigenvalue weighted by atomic mass is 9.90. The molecule has 0 aliphatic heterocycles. The van der Waals surface area contributed by atoms with Crippen molar-refractivity contribution in [2.45, 2.75) is 77.2 Å². The summed E-state index contributed by atoms with van der Waals surface area (Å²) in [6.07, 6.45) is 9.12. The standard InChI is InChI=1S/C16H28N2S/c1-16(2,3)14-11-19-15(18-14)10-13(17)12-8-6-4-5-7-9-12/h11-13H,4-10,17H2,1-3H3. The van der Waals surface area contributed by atoms with E-state index in [1.807, 2.05) is 0 Å². The van der Waals surface area contributed by atoms with Gasteiger partial charge in [-0.15, -0.1) is 11.3 Å². The SMILES string of the molecule is CC(C)(C)c1csc(CC(N)C2CCCCCC2)n1. The fourth-order valence-corrected chi connectivity index (χ4v) is 3.95. The Morgan fingerprint density at radius 3 is 2.42 bits per heavy atom. The molecule has 1 atom stereocenters. The summed E-state index contributed by atoms with van der Waals surface area (Å²) >= 11 is 1.78. The number of hydrogen-bond acceptors (Lipinski definition) is 3. The fourth-order valence-electron chi connectivity index (χ4n) is 2.86. The van der Waals surface area contributed by atoms with Crippen LogP contribution in [0.3, 0.4) is 0 Å². The molecule has 0 aromatic carbocycles. The smallest absolute Gasteiger partial charge is 0.0944 e. The van der Waals surface area contributed by atoms with E-state index in [2.05, 4.69) is 26.2 Å². The van der Waals surface area contributed by atoms with Crippen LogP contribution in [-0.4, -0.2) is 11.0 Å². The van der Waals surface area contributed by atoms with Crippen molar-refractivity contribution in [3.05, 3.63) is 16.1 Å². The Kier molecular flexibility index (Phi) is 5.02. The summed E-state index contributed by atoms with van der Waals surface area (Å²) in [5.41, 5.74) is 7.80. The van der Waals surface area contributed by atoms with Crippen LogP contribution in [0.15, 0.2) is 5.38 Å². The second-order valence-electron chi connectivity index (χ2n) is 7.00. The molecular weight excluding hydrogens is 252 g/mol. The highest BCUT2D eigenvalue weighted by Crippen LogP contribution is 2.28. The van der Waals surface area contributed by atoms with Gasteiger partial charge in [0.05, 0.1) is 10.7 Å². The van der Waals surface area contributed by atoms with Crippen LogP contribution in [0.4, 0.5) is 0 Å². The summed E-state index contributed by atoms with van der Waals surface area (Å²) < 4.78 is 0. The minimum Gasteiger partial charge on any atom is -0.327 e. The zero-order valence-electron chi connectivity index (χ0n) is 12.6. The summed E-state index contributed by atoms with van der Waals surface area (Å²) in [6, 6.07) is 0.303. The summed E-state index contributed by atoms with van der Waals surface area (Å²) in [7, 11) is 0. The second kappa shape index (κ2) is 6.36. The lowest BCUT2D eigenvalue weighted by molar-refractivity contribution is 0.372. The van der Waals surface area contributed by atoms with Gasteiger partial charge in [0, 0.05) is 23.3 Å². The van der Waals surface area contributed by atoms with E-state index >= 15 is 0 Å². The predicted molar refractivity (Wildman–Crippen MR) is 83.7 cm³/mol. The summed E-state index contributed by atoms with van der Waals surface area (Å²) in [4.78, 5) is 4.78. The maximum atomic E-state index is 6.43. The second-order valence-corrected chi connectivity index (χ2v) is 7.94. The molecule has 0 bridgehead atoms. The quantitative estimate of drug-likeness (QED) is 0.839. The first-order chi connectivity index (χ1) is 8.97.